The summed E-state index contributed by atoms with van der Waals surface area (Å²) >= 11 is 0. The lowest BCUT2D eigenvalue weighted by atomic mass is 10.3. The molecule has 1 aromatic carbocycles. The van der Waals surface area contributed by atoms with Crippen molar-refractivity contribution >= 4 is 11.5 Å². The van der Waals surface area contributed by atoms with E-state index in [2.05, 4.69) is 15.3 Å². The van der Waals surface area contributed by atoms with E-state index in [9.17, 15) is 10.1 Å². The van der Waals surface area contributed by atoms with Gasteiger partial charge in [0.2, 0.25) is 11.6 Å². The van der Waals surface area contributed by atoms with Crippen LogP contribution in [-0.4, -0.2) is 21.4 Å². The lowest BCUT2D eigenvalue weighted by Crippen LogP contribution is -2.04. The van der Waals surface area contributed by atoms with E-state index in [-0.39, 0.29) is 17.3 Å². The van der Waals surface area contributed by atoms with Crippen LogP contribution in [0.3, 0.4) is 0 Å². The van der Waals surface area contributed by atoms with Gasteiger partial charge in [-0.3, -0.25) is 10.1 Å². The molecule has 21 heavy (non-hydrogen) atoms. The Hall–Kier alpha value is -2.70. The third-order valence-electron chi connectivity index (χ3n) is 2.70. The summed E-state index contributed by atoms with van der Waals surface area (Å²) in [5, 5.41) is 14.1. The van der Waals surface area contributed by atoms with Gasteiger partial charge in [-0.25, -0.2) is 4.98 Å². The molecule has 0 spiro atoms. The van der Waals surface area contributed by atoms with E-state index >= 15 is 0 Å². The predicted octanol–water partition coefficient (Wildman–Crippen LogP) is 3.17. The Morgan fingerprint density at radius 3 is 2.71 bits per heavy atom. The predicted molar refractivity (Wildman–Crippen MR) is 78.7 cm³/mol. The van der Waals surface area contributed by atoms with Crippen molar-refractivity contribution in [1.82, 2.24) is 9.97 Å². The average molecular weight is 288 g/mol. The number of para-hydroxylation sites is 2. The van der Waals surface area contributed by atoms with Crippen LogP contribution in [0.5, 0.6) is 11.6 Å². The molecule has 0 radical (unpaired) electrons. The van der Waals surface area contributed by atoms with Crippen molar-refractivity contribution < 1.29 is 9.66 Å². The number of anilines is 1. The number of aromatic nitrogens is 2. The van der Waals surface area contributed by atoms with Gasteiger partial charge in [0.05, 0.1) is 4.92 Å². The molecule has 7 nitrogen and oxygen atoms in total. The molecule has 0 aliphatic heterocycles. The summed E-state index contributed by atoms with van der Waals surface area (Å²) < 4.78 is 5.57. The summed E-state index contributed by atoms with van der Waals surface area (Å²) in [6.07, 6.45) is 0.645. The highest BCUT2D eigenvalue weighted by Crippen LogP contribution is 2.30. The number of nitro benzene ring substituents is 1. The van der Waals surface area contributed by atoms with Gasteiger partial charge in [-0.05, 0) is 13.0 Å². The molecule has 0 aliphatic carbocycles. The zero-order chi connectivity index (χ0) is 15.2. The van der Waals surface area contributed by atoms with E-state index < -0.39 is 4.92 Å². The fraction of sp³-hybridized carbons (Fsp3) is 0.286. The molecule has 0 saturated carbocycles. The second-order valence-corrected chi connectivity index (χ2v) is 4.22. The quantitative estimate of drug-likeness (QED) is 0.648. The highest BCUT2D eigenvalue weighted by atomic mass is 16.6. The third kappa shape index (κ3) is 3.65. The highest BCUT2D eigenvalue weighted by molar-refractivity contribution is 5.48. The number of hydrogen-bond acceptors (Lipinski definition) is 6. The zero-order valence-corrected chi connectivity index (χ0v) is 11.9. The fourth-order valence-electron chi connectivity index (χ4n) is 1.76. The van der Waals surface area contributed by atoms with Crippen LogP contribution in [0.1, 0.15) is 19.7 Å². The van der Waals surface area contributed by atoms with E-state index in [1.54, 1.807) is 24.3 Å². The average Bonchev–Trinajstić information content (AvgIpc) is 2.47. The molecule has 0 bridgehead atoms. The van der Waals surface area contributed by atoms with Gasteiger partial charge in [0.15, 0.2) is 0 Å². The summed E-state index contributed by atoms with van der Waals surface area (Å²) in [5.74, 6) is 1.69. The number of ether oxygens (including phenoxy) is 1. The van der Waals surface area contributed by atoms with Crippen LogP contribution in [0.2, 0.25) is 0 Å². The molecule has 0 fully saturated rings. The minimum Gasteiger partial charge on any atom is -0.432 e. The molecule has 0 amide bonds. The Labute approximate surface area is 122 Å². The minimum absolute atomic E-state index is 0.0980. The van der Waals surface area contributed by atoms with Crippen LogP contribution in [-0.2, 0) is 6.42 Å². The van der Waals surface area contributed by atoms with Gasteiger partial charge in [0, 0.05) is 25.1 Å². The van der Waals surface area contributed by atoms with E-state index in [1.165, 1.54) is 6.07 Å². The summed E-state index contributed by atoms with van der Waals surface area (Å²) in [6, 6.07) is 7.82. The molecule has 0 saturated heterocycles. The molecule has 0 unspecified atom stereocenters. The van der Waals surface area contributed by atoms with Gasteiger partial charge in [-0.1, -0.05) is 19.1 Å². The fourth-order valence-corrected chi connectivity index (χ4v) is 1.76. The lowest BCUT2D eigenvalue weighted by molar-refractivity contribution is -0.385. The van der Waals surface area contributed by atoms with Crippen LogP contribution in [0.25, 0.3) is 0 Å². The Morgan fingerprint density at radius 1 is 1.29 bits per heavy atom. The molecule has 0 atom stereocenters. The standard InChI is InChI=1S/C14H16N4O3/c1-3-12-16-13(15-4-2)9-14(17-12)21-11-8-6-5-7-10(11)18(19)20/h5-9H,3-4H2,1-2H3,(H,15,16,17). The summed E-state index contributed by atoms with van der Waals surface area (Å²) in [5.41, 5.74) is -0.0980. The maximum atomic E-state index is 11.0. The smallest absolute Gasteiger partial charge is 0.311 e. The first kappa shape index (κ1) is 14.7. The van der Waals surface area contributed by atoms with E-state index in [4.69, 9.17) is 4.74 Å². The van der Waals surface area contributed by atoms with Crippen molar-refractivity contribution in [3.8, 4) is 11.6 Å². The second kappa shape index (κ2) is 6.65. The molecular formula is C14H16N4O3. The Kier molecular flexibility index (Phi) is 4.65. The van der Waals surface area contributed by atoms with Gasteiger partial charge in [0.1, 0.15) is 11.6 Å². The topological polar surface area (TPSA) is 90.2 Å². The van der Waals surface area contributed by atoms with Gasteiger partial charge in [-0.2, -0.15) is 4.98 Å². The van der Waals surface area contributed by atoms with E-state index in [0.29, 0.717) is 24.6 Å². The zero-order valence-electron chi connectivity index (χ0n) is 11.9. The van der Waals surface area contributed by atoms with Crippen LogP contribution < -0.4 is 10.1 Å². The number of nitrogens with one attached hydrogen (secondary N) is 1. The normalized spacial score (nSPS) is 10.2. The molecule has 2 rings (SSSR count). The van der Waals surface area contributed by atoms with E-state index in [0.717, 1.165) is 0 Å². The van der Waals surface area contributed by atoms with Gasteiger partial charge < -0.3 is 10.1 Å². The number of hydrogen-bond donors (Lipinski definition) is 1. The van der Waals surface area contributed by atoms with Crippen molar-refractivity contribution in [1.29, 1.82) is 0 Å². The van der Waals surface area contributed by atoms with Crippen molar-refractivity contribution in [2.24, 2.45) is 0 Å². The number of rotatable bonds is 6. The van der Waals surface area contributed by atoms with Crippen LogP contribution in [0, 0.1) is 10.1 Å². The molecule has 1 aromatic heterocycles. The third-order valence-corrected chi connectivity index (χ3v) is 2.70. The van der Waals surface area contributed by atoms with Gasteiger partial charge in [-0.15, -0.1) is 0 Å². The number of nitrogens with zero attached hydrogens (tertiary/aromatic N) is 3. The number of aryl methyl sites for hydroxylation is 1. The van der Waals surface area contributed by atoms with Gasteiger partial charge in [0.25, 0.3) is 0 Å². The monoisotopic (exact) mass is 288 g/mol. The molecule has 2 aromatic rings. The Balaban J connectivity index is 2.35. The largest absolute Gasteiger partial charge is 0.432 e. The first-order valence-electron chi connectivity index (χ1n) is 6.67. The Morgan fingerprint density at radius 2 is 2.05 bits per heavy atom. The van der Waals surface area contributed by atoms with Crippen LogP contribution >= 0.6 is 0 Å². The minimum atomic E-state index is -0.484. The maximum absolute atomic E-state index is 11.0. The summed E-state index contributed by atoms with van der Waals surface area (Å²) in [4.78, 5) is 19.0. The summed E-state index contributed by atoms with van der Waals surface area (Å²) in [6.45, 7) is 4.60. The van der Waals surface area contributed by atoms with Crippen LogP contribution in [0.4, 0.5) is 11.5 Å². The molecule has 0 aliphatic rings. The van der Waals surface area contributed by atoms with Gasteiger partial charge >= 0.3 is 5.69 Å². The molecular weight excluding hydrogens is 272 g/mol. The SMILES string of the molecule is CCNc1cc(Oc2ccccc2[N+](=O)[O-])nc(CC)n1. The number of nitro groups is 1. The molecule has 1 N–H and O–H groups in total. The second-order valence-electron chi connectivity index (χ2n) is 4.22. The first-order chi connectivity index (χ1) is 10.1. The van der Waals surface area contributed by atoms with Crippen molar-refractivity contribution in [3.63, 3.8) is 0 Å². The molecule has 1 heterocycles. The van der Waals surface area contributed by atoms with E-state index in [1.807, 2.05) is 13.8 Å². The lowest BCUT2D eigenvalue weighted by Gasteiger charge is -2.09. The first-order valence-corrected chi connectivity index (χ1v) is 6.67. The highest BCUT2D eigenvalue weighted by Gasteiger charge is 2.15. The van der Waals surface area contributed by atoms with Crippen molar-refractivity contribution in [3.05, 3.63) is 46.3 Å². The Bertz CT molecular complexity index is 646. The van der Waals surface area contributed by atoms with Crippen LogP contribution in [0.15, 0.2) is 30.3 Å². The maximum Gasteiger partial charge on any atom is 0.311 e. The number of benzene rings is 1. The summed E-state index contributed by atoms with van der Waals surface area (Å²) in [7, 11) is 0. The molecule has 7 heteroatoms. The van der Waals surface area contributed by atoms with Crippen molar-refractivity contribution in [2.75, 3.05) is 11.9 Å². The van der Waals surface area contributed by atoms with Crippen molar-refractivity contribution in [2.45, 2.75) is 20.3 Å². The molecule has 110 valence electrons.